The molecule has 0 bridgehead atoms. The third kappa shape index (κ3) is 3.69. The number of carbonyl (C=O) groups is 1. The minimum absolute atomic E-state index is 0.0580. The van der Waals surface area contributed by atoms with Gasteiger partial charge in [0.15, 0.2) is 0 Å². The molecule has 1 aliphatic carbocycles. The number of carbonyl (C=O) groups excluding carboxylic acids is 1. The average Bonchev–Trinajstić information content (AvgIpc) is 2.47. The summed E-state index contributed by atoms with van der Waals surface area (Å²) in [6.45, 7) is 7.32. The Bertz CT molecular complexity index is 290. The molecule has 1 N–H and O–H groups in total. The number of hydrogen-bond donors (Lipinski definition) is 1. The molecule has 1 aliphatic heterocycles. The fourth-order valence-electron chi connectivity index (χ4n) is 3.55. The molecule has 2 rings (SSSR count). The fraction of sp³-hybridized carbons (Fsp3) is 0.933. The minimum atomic E-state index is -0.0920. The van der Waals surface area contributed by atoms with E-state index in [4.69, 9.17) is 4.74 Å². The maximum atomic E-state index is 12.1. The number of piperazine rings is 1. The molecule has 2 unspecified atom stereocenters. The molecule has 2 fully saturated rings. The van der Waals surface area contributed by atoms with Gasteiger partial charge in [0.2, 0.25) is 0 Å². The van der Waals surface area contributed by atoms with Gasteiger partial charge in [0, 0.05) is 25.7 Å². The van der Waals surface area contributed by atoms with E-state index in [2.05, 4.69) is 17.1 Å². The van der Waals surface area contributed by atoms with Gasteiger partial charge in [0.05, 0.1) is 6.61 Å². The first-order chi connectivity index (χ1) is 9.24. The normalized spacial score (nSPS) is 28.0. The first-order valence-corrected chi connectivity index (χ1v) is 7.87. The third-order valence-corrected chi connectivity index (χ3v) is 4.70. The smallest absolute Gasteiger partial charge is 0.324 e. The summed E-state index contributed by atoms with van der Waals surface area (Å²) < 4.78 is 5.23. The Labute approximate surface area is 116 Å². The van der Waals surface area contributed by atoms with Crippen molar-refractivity contribution in [1.29, 1.82) is 0 Å². The molecule has 0 radical (unpaired) electrons. The molecule has 19 heavy (non-hydrogen) atoms. The first-order valence-electron chi connectivity index (χ1n) is 7.87. The van der Waals surface area contributed by atoms with Crippen LogP contribution in [0.5, 0.6) is 0 Å². The Morgan fingerprint density at radius 1 is 1.37 bits per heavy atom. The number of rotatable bonds is 4. The predicted octanol–water partition coefficient (Wildman–Crippen LogP) is 1.79. The van der Waals surface area contributed by atoms with Crippen molar-refractivity contribution in [2.24, 2.45) is 5.92 Å². The van der Waals surface area contributed by atoms with Gasteiger partial charge in [-0.2, -0.15) is 0 Å². The largest absolute Gasteiger partial charge is 0.465 e. The van der Waals surface area contributed by atoms with Gasteiger partial charge in [0.25, 0.3) is 0 Å². The molecule has 1 saturated heterocycles. The lowest BCUT2D eigenvalue weighted by Gasteiger charge is -2.42. The number of nitrogens with one attached hydrogen (secondary N) is 1. The van der Waals surface area contributed by atoms with Crippen molar-refractivity contribution in [3.8, 4) is 0 Å². The zero-order chi connectivity index (χ0) is 13.7. The van der Waals surface area contributed by atoms with Crippen molar-refractivity contribution < 1.29 is 9.53 Å². The monoisotopic (exact) mass is 268 g/mol. The Morgan fingerprint density at radius 2 is 2.11 bits per heavy atom. The van der Waals surface area contributed by atoms with Gasteiger partial charge in [-0.1, -0.05) is 19.3 Å². The SMILES string of the molecule is CCOC(=O)C1CNCCN1C(C)C1CCCCC1. The minimum Gasteiger partial charge on any atom is -0.465 e. The molecule has 0 spiro atoms. The van der Waals surface area contributed by atoms with Crippen LogP contribution in [0.3, 0.4) is 0 Å². The van der Waals surface area contributed by atoms with E-state index in [1.807, 2.05) is 6.92 Å². The summed E-state index contributed by atoms with van der Waals surface area (Å²) in [5.74, 6) is 0.695. The van der Waals surface area contributed by atoms with Crippen molar-refractivity contribution in [3.63, 3.8) is 0 Å². The second kappa shape index (κ2) is 7.25. The van der Waals surface area contributed by atoms with Crippen LogP contribution < -0.4 is 5.32 Å². The number of nitrogens with zero attached hydrogens (tertiary/aromatic N) is 1. The molecule has 1 heterocycles. The van der Waals surface area contributed by atoms with Gasteiger partial charge < -0.3 is 10.1 Å². The van der Waals surface area contributed by atoms with E-state index in [0.717, 1.165) is 25.6 Å². The maximum absolute atomic E-state index is 12.1. The van der Waals surface area contributed by atoms with Gasteiger partial charge in [0.1, 0.15) is 6.04 Å². The van der Waals surface area contributed by atoms with Crippen LogP contribution in [0.25, 0.3) is 0 Å². The van der Waals surface area contributed by atoms with Crippen LogP contribution in [0.2, 0.25) is 0 Å². The lowest BCUT2D eigenvalue weighted by molar-refractivity contribution is -0.151. The summed E-state index contributed by atoms with van der Waals surface area (Å²) >= 11 is 0. The highest BCUT2D eigenvalue weighted by Gasteiger charge is 2.35. The lowest BCUT2D eigenvalue weighted by Crippen LogP contribution is -2.59. The Hall–Kier alpha value is -0.610. The third-order valence-electron chi connectivity index (χ3n) is 4.70. The van der Waals surface area contributed by atoms with Gasteiger partial charge in [-0.25, -0.2) is 0 Å². The summed E-state index contributed by atoms with van der Waals surface area (Å²) in [4.78, 5) is 14.5. The molecule has 0 aromatic heterocycles. The molecule has 4 nitrogen and oxygen atoms in total. The van der Waals surface area contributed by atoms with E-state index in [9.17, 15) is 4.79 Å². The zero-order valence-corrected chi connectivity index (χ0v) is 12.4. The molecular formula is C15H28N2O2. The van der Waals surface area contributed by atoms with Crippen molar-refractivity contribution in [1.82, 2.24) is 10.2 Å². The molecule has 4 heteroatoms. The van der Waals surface area contributed by atoms with Crippen LogP contribution in [-0.2, 0) is 9.53 Å². The van der Waals surface area contributed by atoms with Crippen LogP contribution in [0, 0.1) is 5.92 Å². The van der Waals surface area contributed by atoms with Gasteiger partial charge in [-0.05, 0) is 32.6 Å². The van der Waals surface area contributed by atoms with Crippen molar-refractivity contribution in [2.75, 3.05) is 26.2 Å². The van der Waals surface area contributed by atoms with E-state index in [-0.39, 0.29) is 12.0 Å². The summed E-state index contributed by atoms with van der Waals surface area (Å²) in [7, 11) is 0. The van der Waals surface area contributed by atoms with Crippen molar-refractivity contribution in [3.05, 3.63) is 0 Å². The topological polar surface area (TPSA) is 41.6 Å². The molecule has 2 aliphatic rings. The van der Waals surface area contributed by atoms with E-state index in [1.165, 1.54) is 32.1 Å². The summed E-state index contributed by atoms with van der Waals surface area (Å²) in [5.41, 5.74) is 0. The molecule has 2 atom stereocenters. The lowest BCUT2D eigenvalue weighted by atomic mass is 9.83. The molecule has 110 valence electrons. The molecule has 0 aromatic carbocycles. The van der Waals surface area contributed by atoms with Gasteiger partial charge in [-0.3, -0.25) is 9.69 Å². The Balaban J connectivity index is 1.99. The summed E-state index contributed by atoms with van der Waals surface area (Å²) in [6, 6.07) is 0.405. The number of ether oxygens (including phenoxy) is 1. The molecule has 1 saturated carbocycles. The highest BCUT2D eigenvalue weighted by Crippen LogP contribution is 2.30. The quantitative estimate of drug-likeness (QED) is 0.789. The van der Waals surface area contributed by atoms with Gasteiger partial charge in [-0.15, -0.1) is 0 Å². The van der Waals surface area contributed by atoms with Crippen LogP contribution in [0.1, 0.15) is 46.0 Å². The van der Waals surface area contributed by atoms with Crippen LogP contribution in [-0.4, -0.2) is 49.2 Å². The predicted molar refractivity (Wildman–Crippen MR) is 76.0 cm³/mol. The zero-order valence-electron chi connectivity index (χ0n) is 12.4. The highest BCUT2D eigenvalue weighted by atomic mass is 16.5. The van der Waals surface area contributed by atoms with Gasteiger partial charge >= 0.3 is 5.97 Å². The number of hydrogen-bond acceptors (Lipinski definition) is 4. The summed E-state index contributed by atoms with van der Waals surface area (Å²) in [5, 5.41) is 3.32. The maximum Gasteiger partial charge on any atom is 0.324 e. The van der Waals surface area contributed by atoms with E-state index in [1.54, 1.807) is 0 Å². The average molecular weight is 268 g/mol. The van der Waals surface area contributed by atoms with E-state index < -0.39 is 0 Å². The Kier molecular flexibility index (Phi) is 5.64. The van der Waals surface area contributed by atoms with Crippen LogP contribution >= 0.6 is 0 Å². The highest BCUT2D eigenvalue weighted by molar-refractivity contribution is 5.76. The second-order valence-electron chi connectivity index (χ2n) is 5.85. The van der Waals surface area contributed by atoms with E-state index >= 15 is 0 Å². The first kappa shape index (κ1) is 14.8. The number of esters is 1. The van der Waals surface area contributed by atoms with E-state index in [0.29, 0.717) is 12.6 Å². The standard InChI is InChI=1S/C15H28N2O2/c1-3-19-15(18)14-11-16-9-10-17(14)12(2)13-7-5-4-6-8-13/h12-14,16H,3-11H2,1-2H3. The Morgan fingerprint density at radius 3 is 2.79 bits per heavy atom. The summed E-state index contributed by atoms with van der Waals surface area (Å²) in [6.07, 6.45) is 6.73. The molecule has 0 aromatic rings. The van der Waals surface area contributed by atoms with Crippen molar-refractivity contribution in [2.45, 2.75) is 58.0 Å². The van der Waals surface area contributed by atoms with Crippen LogP contribution in [0.4, 0.5) is 0 Å². The molecular weight excluding hydrogens is 240 g/mol. The second-order valence-corrected chi connectivity index (χ2v) is 5.85. The molecule has 0 amide bonds. The fourth-order valence-corrected chi connectivity index (χ4v) is 3.55. The van der Waals surface area contributed by atoms with Crippen LogP contribution in [0.15, 0.2) is 0 Å². The van der Waals surface area contributed by atoms with Crippen molar-refractivity contribution >= 4 is 5.97 Å².